The Morgan fingerprint density at radius 2 is 1.82 bits per heavy atom. The molecule has 2 aromatic carbocycles. The minimum atomic E-state index is -3.86. The van der Waals surface area contributed by atoms with E-state index in [1.165, 1.54) is 23.1 Å². The summed E-state index contributed by atoms with van der Waals surface area (Å²) < 4.78 is 36.8. The van der Waals surface area contributed by atoms with Crippen LogP contribution in [0.3, 0.4) is 0 Å². The van der Waals surface area contributed by atoms with Gasteiger partial charge >= 0.3 is 0 Å². The number of likely N-dealkylation sites (N-methyl/N-ethyl adjacent to an activating group) is 1. The van der Waals surface area contributed by atoms with Crippen molar-refractivity contribution in [2.75, 3.05) is 30.4 Å². The average molecular weight is 530 g/mol. The molecule has 0 saturated heterocycles. The standard InChI is InChI=1S/C22H25Cl2N3O6S/c1-4-25-22(29)14(2)26(11-15-5-6-16(23)9-18(15)24)21(28)12-27(34(3,30)31)17-7-8-19-20(10-17)33-13-32-19/h5-10,14H,4,11-13H2,1-3H3,(H,25,29)/t14-/m0/s1. The Bertz CT molecular complexity index is 1190. The third kappa shape index (κ3) is 6.05. The van der Waals surface area contributed by atoms with Crippen molar-refractivity contribution in [1.29, 1.82) is 0 Å². The summed E-state index contributed by atoms with van der Waals surface area (Å²) in [6, 6.07) is 8.51. The largest absolute Gasteiger partial charge is 0.454 e. The van der Waals surface area contributed by atoms with Gasteiger partial charge in [0, 0.05) is 29.2 Å². The second-order valence-electron chi connectivity index (χ2n) is 7.64. The van der Waals surface area contributed by atoms with E-state index in [2.05, 4.69) is 5.32 Å². The number of rotatable bonds is 9. The van der Waals surface area contributed by atoms with E-state index >= 15 is 0 Å². The van der Waals surface area contributed by atoms with Crippen LogP contribution in [-0.4, -0.2) is 57.3 Å². The van der Waals surface area contributed by atoms with Gasteiger partial charge in [0.15, 0.2) is 11.5 Å². The number of ether oxygens (including phenoxy) is 2. The first-order valence-corrected chi connectivity index (χ1v) is 13.0. The monoisotopic (exact) mass is 529 g/mol. The zero-order valence-electron chi connectivity index (χ0n) is 18.9. The minimum absolute atomic E-state index is 0.0219. The number of hydrogen-bond donors (Lipinski definition) is 1. The van der Waals surface area contributed by atoms with Gasteiger partial charge in [-0.3, -0.25) is 13.9 Å². The molecular weight excluding hydrogens is 505 g/mol. The van der Waals surface area contributed by atoms with Gasteiger partial charge in [0.1, 0.15) is 12.6 Å². The number of fused-ring (bicyclic) bond motifs is 1. The molecule has 0 aromatic heterocycles. The molecule has 184 valence electrons. The molecule has 3 rings (SSSR count). The van der Waals surface area contributed by atoms with Crippen LogP contribution >= 0.6 is 23.2 Å². The number of nitrogens with zero attached hydrogens (tertiary/aromatic N) is 2. The van der Waals surface area contributed by atoms with Crippen LogP contribution in [0, 0.1) is 0 Å². The summed E-state index contributed by atoms with van der Waals surface area (Å²) in [6.07, 6.45) is 0.998. The molecule has 0 bridgehead atoms. The molecule has 0 aliphatic carbocycles. The van der Waals surface area contributed by atoms with Crippen LogP contribution in [0.5, 0.6) is 11.5 Å². The Balaban J connectivity index is 1.93. The quantitative estimate of drug-likeness (QED) is 0.535. The first-order chi connectivity index (χ1) is 16.0. The van der Waals surface area contributed by atoms with Gasteiger partial charge in [0.05, 0.1) is 11.9 Å². The van der Waals surface area contributed by atoms with E-state index in [-0.39, 0.29) is 24.9 Å². The van der Waals surface area contributed by atoms with E-state index in [4.69, 9.17) is 32.7 Å². The lowest BCUT2D eigenvalue weighted by molar-refractivity contribution is -0.139. The number of nitrogens with one attached hydrogen (secondary N) is 1. The van der Waals surface area contributed by atoms with Crippen LogP contribution in [-0.2, 0) is 26.2 Å². The molecule has 1 heterocycles. The highest BCUT2D eigenvalue weighted by Gasteiger charge is 2.31. The van der Waals surface area contributed by atoms with Crippen molar-refractivity contribution in [2.45, 2.75) is 26.4 Å². The second kappa shape index (κ2) is 10.7. The van der Waals surface area contributed by atoms with Crippen molar-refractivity contribution in [2.24, 2.45) is 0 Å². The van der Waals surface area contributed by atoms with Gasteiger partial charge in [-0.25, -0.2) is 8.42 Å². The number of carbonyl (C=O) groups excluding carboxylic acids is 2. The summed E-state index contributed by atoms with van der Waals surface area (Å²) in [4.78, 5) is 27.3. The van der Waals surface area contributed by atoms with Gasteiger partial charge in [-0.15, -0.1) is 0 Å². The molecule has 2 amide bonds. The van der Waals surface area contributed by atoms with Gasteiger partial charge in [-0.1, -0.05) is 29.3 Å². The normalized spacial score (nSPS) is 13.3. The third-order valence-electron chi connectivity index (χ3n) is 5.20. The smallest absolute Gasteiger partial charge is 0.244 e. The van der Waals surface area contributed by atoms with Crippen LogP contribution in [0.2, 0.25) is 10.0 Å². The third-order valence-corrected chi connectivity index (χ3v) is 6.92. The van der Waals surface area contributed by atoms with Crippen LogP contribution in [0.15, 0.2) is 36.4 Å². The molecule has 0 radical (unpaired) electrons. The molecule has 0 unspecified atom stereocenters. The fourth-order valence-electron chi connectivity index (χ4n) is 3.39. The summed E-state index contributed by atoms with van der Waals surface area (Å²) in [5.41, 5.74) is 0.791. The Morgan fingerprint density at radius 1 is 1.12 bits per heavy atom. The zero-order chi connectivity index (χ0) is 25.0. The Kier molecular flexibility index (Phi) is 8.17. The summed E-state index contributed by atoms with van der Waals surface area (Å²) >= 11 is 12.3. The number of anilines is 1. The lowest BCUT2D eigenvalue weighted by Gasteiger charge is -2.31. The molecule has 0 saturated carbocycles. The summed E-state index contributed by atoms with van der Waals surface area (Å²) in [5.74, 6) is -0.116. The van der Waals surface area contributed by atoms with E-state index in [1.807, 2.05) is 0 Å². The number of carbonyl (C=O) groups is 2. The number of amides is 2. The van der Waals surface area contributed by atoms with Crippen molar-refractivity contribution < 1.29 is 27.5 Å². The predicted octanol–water partition coefficient (Wildman–Crippen LogP) is 3.04. The first kappa shape index (κ1) is 25.9. The van der Waals surface area contributed by atoms with E-state index in [9.17, 15) is 18.0 Å². The van der Waals surface area contributed by atoms with E-state index in [0.29, 0.717) is 33.7 Å². The van der Waals surface area contributed by atoms with Gasteiger partial charge in [0.2, 0.25) is 28.6 Å². The highest BCUT2D eigenvalue weighted by Crippen LogP contribution is 2.36. The van der Waals surface area contributed by atoms with Crippen molar-refractivity contribution in [3.05, 3.63) is 52.0 Å². The molecule has 9 nitrogen and oxygen atoms in total. The Morgan fingerprint density at radius 3 is 2.47 bits per heavy atom. The Labute approximate surface area is 208 Å². The zero-order valence-corrected chi connectivity index (χ0v) is 21.2. The minimum Gasteiger partial charge on any atom is -0.454 e. The molecule has 12 heteroatoms. The molecule has 1 atom stereocenters. The summed E-state index contributed by atoms with van der Waals surface area (Å²) in [7, 11) is -3.86. The predicted molar refractivity (Wildman–Crippen MR) is 130 cm³/mol. The fraction of sp³-hybridized carbons (Fsp3) is 0.364. The molecule has 1 aliphatic heterocycles. The van der Waals surface area contributed by atoms with Crippen LogP contribution in [0.4, 0.5) is 5.69 Å². The topological polar surface area (TPSA) is 105 Å². The molecule has 0 spiro atoms. The van der Waals surface area contributed by atoms with Crippen molar-refractivity contribution in [3.8, 4) is 11.5 Å². The summed E-state index contributed by atoms with van der Waals surface area (Å²) in [5, 5.41) is 3.43. The molecule has 2 aromatic rings. The van der Waals surface area contributed by atoms with E-state index in [1.54, 1.807) is 32.0 Å². The van der Waals surface area contributed by atoms with Gasteiger partial charge in [-0.05, 0) is 43.7 Å². The van der Waals surface area contributed by atoms with E-state index in [0.717, 1.165) is 10.6 Å². The van der Waals surface area contributed by atoms with E-state index < -0.39 is 28.5 Å². The molecule has 1 N–H and O–H groups in total. The second-order valence-corrected chi connectivity index (χ2v) is 10.4. The van der Waals surface area contributed by atoms with Crippen molar-refractivity contribution in [3.63, 3.8) is 0 Å². The van der Waals surface area contributed by atoms with Crippen LogP contribution in [0.25, 0.3) is 0 Å². The lowest BCUT2D eigenvalue weighted by atomic mass is 10.1. The molecule has 34 heavy (non-hydrogen) atoms. The lowest BCUT2D eigenvalue weighted by Crippen LogP contribution is -2.51. The number of sulfonamides is 1. The molecular formula is C22H25Cl2N3O6S. The maximum Gasteiger partial charge on any atom is 0.244 e. The van der Waals surface area contributed by atoms with Gasteiger partial charge < -0.3 is 19.7 Å². The highest BCUT2D eigenvalue weighted by atomic mass is 35.5. The fourth-order valence-corrected chi connectivity index (χ4v) is 4.70. The Hall–Kier alpha value is -2.69. The summed E-state index contributed by atoms with van der Waals surface area (Å²) in [6.45, 7) is 3.17. The molecule has 0 fully saturated rings. The van der Waals surface area contributed by atoms with Gasteiger partial charge in [0.25, 0.3) is 0 Å². The van der Waals surface area contributed by atoms with Gasteiger partial charge in [-0.2, -0.15) is 0 Å². The number of benzene rings is 2. The maximum absolute atomic E-state index is 13.5. The number of hydrogen-bond acceptors (Lipinski definition) is 6. The average Bonchev–Trinajstić information content (AvgIpc) is 3.23. The van der Waals surface area contributed by atoms with Crippen molar-refractivity contribution >= 4 is 50.7 Å². The number of halogens is 2. The highest BCUT2D eigenvalue weighted by molar-refractivity contribution is 7.92. The maximum atomic E-state index is 13.5. The van der Waals surface area contributed by atoms with Crippen LogP contribution in [0.1, 0.15) is 19.4 Å². The van der Waals surface area contributed by atoms with Crippen molar-refractivity contribution in [1.82, 2.24) is 10.2 Å². The molecule has 1 aliphatic rings. The first-order valence-electron chi connectivity index (χ1n) is 10.4. The van der Waals surface area contributed by atoms with Crippen LogP contribution < -0.4 is 19.1 Å². The SMILES string of the molecule is CCNC(=O)[C@H](C)N(Cc1ccc(Cl)cc1Cl)C(=O)CN(c1ccc2c(c1)OCO2)S(C)(=O)=O.